The van der Waals surface area contributed by atoms with Crippen LogP contribution in [0.1, 0.15) is 23.6 Å². The van der Waals surface area contributed by atoms with Crippen LogP contribution in [0.25, 0.3) is 0 Å². The quantitative estimate of drug-likeness (QED) is 0.647. The van der Waals surface area contributed by atoms with E-state index in [2.05, 4.69) is 17.4 Å². The molecule has 162 valence electrons. The lowest BCUT2D eigenvalue weighted by atomic mass is 9.97. The van der Waals surface area contributed by atoms with E-state index in [0.717, 1.165) is 16.8 Å². The summed E-state index contributed by atoms with van der Waals surface area (Å²) in [5, 5.41) is 3.20. The second-order valence-electron chi connectivity index (χ2n) is 8.10. The molecule has 1 fully saturated rings. The van der Waals surface area contributed by atoms with Gasteiger partial charge >= 0.3 is 0 Å². The van der Waals surface area contributed by atoms with Crippen molar-refractivity contribution in [2.45, 2.75) is 18.9 Å². The number of fused-ring (bicyclic) bond motifs is 1. The van der Waals surface area contributed by atoms with Crippen molar-refractivity contribution in [3.63, 3.8) is 0 Å². The van der Waals surface area contributed by atoms with Crippen LogP contribution in [0.5, 0.6) is 11.5 Å². The first-order valence-corrected chi connectivity index (χ1v) is 10.8. The van der Waals surface area contributed by atoms with Crippen molar-refractivity contribution in [1.29, 1.82) is 0 Å². The number of ether oxygens (including phenoxy) is 2. The summed E-state index contributed by atoms with van der Waals surface area (Å²) in [5.74, 6) is 0.709. The average Bonchev–Trinajstić information content (AvgIpc) is 3.46. The summed E-state index contributed by atoms with van der Waals surface area (Å²) in [6, 6.07) is 25.3. The number of hydrogen-bond acceptors (Lipinski definition) is 4. The molecular weight excluding hydrogens is 404 g/mol. The van der Waals surface area contributed by atoms with Gasteiger partial charge in [-0.15, -0.1) is 0 Å². The van der Waals surface area contributed by atoms with Crippen molar-refractivity contribution in [2.24, 2.45) is 5.92 Å². The van der Waals surface area contributed by atoms with Gasteiger partial charge in [0.05, 0.1) is 12.0 Å². The van der Waals surface area contributed by atoms with Gasteiger partial charge in [-0.3, -0.25) is 9.59 Å². The Bertz CT molecular complexity index is 1120. The predicted octanol–water partition coefficient (Wildman–Crippen LogP) is 3.87. The minimum atomic E-state index is -0.407. The summed E-state index contributed by atoms with van der Waals surface area (Å²) < 4.78 is 10.8. The first-order valence-electron chi connectivity index (χ1n) is 10.8. The van der Waals surface area contributed by atoms with Gasteiger partial charge in [0.1, 0.15) is 0 Å². The largest absolute Gasteiger partial charge is 0.454 e. The lowest BCUT2D eigenvalue weighted by Gasteiger charge is -2.22. The smallest absolute Gasteiger partial charge is 0.231 e. The number of carbonyl (C=O) groups excluding carboxylic acids is 2. The first kappa shape index (κ1) is 20.1. The maximum atomic E-state index is 13.2. The SMILES string of the molecule is O=C(NC(Cc1ccccc1)c1ccccc1)C1CC(=O)N(c2ccc3c(c2)OCO3)C1. The van der Waals surface area contributed by atoms with Crippen molar-refractivity contribution in [1.82, 2.24) is 5.32 Å². The molecule has 5 rings (SSSR count). The van der Waals surface area contributed by atoms with Crippen molar-refractivity contribution in [3.8, 4) is 11.5 Å². The summed E-state index contributed by atoms with van der Waals surface area (Å²) in [6.07, 6.45) is 0.871. The van der Waals surface area contributed by atoms with Gasteiger partial charge in [0.2, 0.25) is 18.6 Å². The minimum absolute atomic E-state index is 0.0664. The van der Waals surface area contributed by atoms with Gasteiger partial charge < -0.3 is 19.7 Å². The fourth-order valence-electron chi connectivity index (χ4n) is 4.26. The lowest BCUT2D eigenvalue weighted by molar-refractivity contribution is -0.127. The minimum Gasteiger partial charge on any atom is -0.454 e. The van der Waals surface area contributed by atoms with Crippen LogP contribution in [0, 0.1) is 5.92 Å². The Labute approximate surface area is 186 Å². The normalized spacial score (nSPS) is 17.9. The van der Waals surface area contributed by atoms with Crippen LogP contribution in [0.3, 0.4) is 0 Å². The van der Waals surface area contributed by atoms with Gasteiger partial charge in [-0.1, -0.05) is 60.7 Å². The Balaban J connectivity index is 1.31. The maximum Gasteiger partial charge on any atom is 0.231 e. The summed E-state index contributed by atoms with van der Waals surface area (Å²) in [6.45, 7) is 0.525. The predicted molar refractivity (Wildman–Crippen MR) is 120 cm³/mol. The molecule has 2 aliphatic rings. The topological polar surface area (TPSA) is 67.9 Å². The van der Waals surface area contributed by atoms with E-state index in [-0.39, 0.29) is 31.1 Å². The molecule has 0 saturated carbocycles. The summed E-state index contributed by atoms with van der Waals surface area (Å²) in [4.78, 5) is 27.6. The molecule has 0 spiro atoms. The number of benzene rings is 3. The summed E-state index contributed by atoms with van der Waals surface area (Å²) in [5.41, 5.74) is 2.91. The maximum absolute atomic E-state index is 13.2. The highest BCUT2D eigenvalue weighted by Gasteiger charge is 2.36. The molecule has 2 heterocycles. The van der Waals surface area contributed by atoms with Crippen LogP contribution >= 0.6 is 0 Å². The molecule has 3 aromatic rings. The highest BCUT2D eigenvalue weighted by molar-refractivity contribution is 6.00. The van der Waals surface area contributed by atoms with E-state index in [0.29, 0.717) is 24.5 Å². The molecule has 2 atom stereocenters. The van der Waals surface area contributed by atoms with E-state index in [1.54, 1.807) is 17.0 Å². The zero-order valence-electron chi connectivity index (χ0n) is 17.6. The molecule has 0 aromatic heterocycles. The monoisotopic (exact) mass is 428 g/mol. The Morgan fingerprint density at radius 3 is 2.47 bits per heavy atom. The number of carbonyl (C=O) groups is 2. The number of amides is 2. The second kappa shape index (κ2) is 8.75. The number of nitrogens with one attached hydrogen (secondary N) is 1. The third kappa shape index (κ3) is 4.17. The summed E-state index contributed by atoms with van der Waals surface area (Å²) >= 11 is 0. The van der Waals surface area contributed by atoms with E-state index < -0.39 is 5.92 Å². The Hall–Kier alpha value is -3.80. The number of rotatable bonds is 6. The van der Waals surface area contributed by atoms with Crippen molar-refractivity contribution >= 4 is 17.5 Å². The summed E-state index contributed by atoms with van der Waals surface area (Å²) in [7, 11) is 0. The van der Waals surface area contributed by atoms with E-state index in [1.807, 2.05) is 54.6 Å². The van der Waals surface area contributed by atoms with Crippen LogP contribution in [0.15, 0.2) is 78.9 Å². The molecule has 0 aliphatic carbocycles. The molecule has 1 N–H and O–H groups in total. The lowest BCUT2D eigenvalue weighted by Crippen LogP contribution is -2.36. The number of nitrogens with zero attached hydrogens (tertiary/aromatic N) is 1. The van der Waals surface area contributed by atoms with Gasteiger partial charge in [0.15, 0.2) is 11.5 Å². The molecule has 2 amide bonds. The van der Waals surface area contributed by atoms with Crippen LogP contribution in [0.4, 0.5) is 5.69 Å². The van der Waals surface area contributed by atoms with Gasteiger partial charge in [-0.25, -0.2) is 0 Å². The van der Waals surface area contributed by atoms with E-state index in [9.17, 15) is 9.59 Å². The van der Waals surface area contributed by atoms with Gasteiger partial charge in [0.25, 0.3) is 0 Å². The molecule has 32 heavy (non-hydrogen) atoms. The zero-order valence-corrected chi connectivity index (χ0v) is 17.6. The van der Waals surface area contributed by atoms with E-state index >= 15 is 0 Å². The van der Waals surface area contributed by atoms with E-state index in [4.69, 9.17) is 9.47 Å². The molecule has 1 saturated heterocycles. The third-order valence-electron chi connectivity index (χ3n) is 5.96. The molecule has 0 bridgehead atoms. The average molecular weight is 428 g/mol. The highest BCUT2D eigenvalue weighted by Crippen LogP contribution is 2.37. The van der Waals surface area contributed by atoms with Crippen LogP contribution in [0.2, 0.25) is 0 Å². The fraction of sp³-hybridized carbons (Fsp3) is 0.231. The van der Waals surface area contributed by atoms with Crippen LogP contribution < -0.4 is 19.7 Å². The molecule has 6 nitrogen and oxygen atoms in total. The Morgan fingerprint density at radius 2 is 1.69 bits per heavy atom. The standard InChI is InChI=1S/C26H24N2O4/c29-25-14-20(16-28(25)21-11-12-23-24(15-21)32-17-31-23)26(30)27-22(19-9-5-2-6-10-19)13-18-7-3-1-4-8-18/h1-12,15,20,22H,13-14,16-17H2,(H,27,30). The van der Waals surface area contributed by atoms with Gasteiger partial charge in [0, 0.05) is 24.7 Å². The molecule has 2 unspecified atom stereocenters. The van der Waals surface area contributed by atoms with Crippen molar-refractivity contribution in [3.05, 3.63) is 90.0 Å². The molecule has 6 heteroatoms. The van der Waals surface area contributed by atoms with Crippen LogP contribution in [-0.2, 0) is 16.0 Å². The molecule has 0 radical (unpaired) electrons. The zero-order chi connectivity index (χ0) is 21.9. The molecular formula is C26H24N2O4. The second-order valence-corrected chi connectivity index (χ2v) is 8.10. The molecule has 3 aromatic carbocycles. The number of anilines is 1. The number of hydrogen-bond donors (Lipinski definition) is 1. The van der Waals surface area contributed by atoms with Gasteiger partial charge in [-0.2, -0.15) is 0 Å². The highest BCUT2D eigenvalue weighted by atomic mass is 16.7. The van der Waals surface area contributed by atoms with Crippen molar-refractivity contribution < 1.29 is 19.1 Å². The molecule has 2 aliphatic heterocycles. The van der Waals surface area contributed by atoms with Gasteiger partial charge in [-0.05, 0) is 29.7 Å². The Morgan fingerprint density at radius 1 is 0.969 bits per heavy atom. The van der Waals surface area contributed by atoms with Crippen LogP contribution in [-0.4, -0.2) is 25.2 Å². The van der Waals surface area contributed by atoms with Crippen molar-refractivity contribution in [2.75, 3.05) is 18.2 Å². The first-order chi connectivity index (χ1) is 15.7. The Kier molecular flexibility index (Phi) is 5.50. The third-order valence-corrected chi connectivity index (χ3v) is 5.96. The van der Waals surface area contributed by atoms with E-state index in [1.165, 1.54) is 0 Å². The fourth-order valence-corrected chi connectivity index (χ4v) is 4.26.